The fraction of sp³-hybridized carbons (Fsp3) is 0.350. The number of thioether (sulfide) groups is 1. The Morgan fingerprint density at radius 3 is 2.73 bits per heavy atom. The molecule has 1 saturated carbocycles. The standard InChI is InChI=1S/C20H22N4OS/c1-3-24-18(15-8-9-15)22-23-20(24)26-13(2)19(25)21-17-11-10-14-6-4-5-7-16(14)12-17/h4-7,10-13,15H,3,8-9H2,1-2H3,(H,21,25)/t13-/m0/s1. The highest BCUT2D eigenvalue weighted by Crippen LogP contribution is 2.40. The van der Waals surface area contributed by atoms with E-state index in [9.17, 15) is 4.79 Å². The van der Waals surface area contributed by atoms with E-state index in [2.05, 4.69) is 33.1 Å². The molecule has 26 heavy (non-hydrogen) atoms. The number of nitrogens with one attached hydrogen (secondary N) is 1. The van der Waals surface area contributed by atoms with E-state index in [4.69, 9.17) is 0 Å². The van der Waals surface area contributed by atoms with Crippen LogP contribution in [0.5, 0.6) is 0 Å². The Hall–Kier alpha value is -2.34. The Morgan fingerprint density at radius 1 is 1.23 bits per heavy atom. The van der Waals surface area contributed by atoms with Gasteiger partial charge < -0.3 is 9.88 Å². The highest BCUT2D eigenvalue weighted by molar-refractivity contribution is 8.00. The molecular weight excluding hydrogens is 344 g/mol. The molecule has 0 spiro atoms. The van der Waals surface area contributed by atoms with Crippen LogP contribution in [0.4, 0.5) is 5.69 Å². The van der Waals surface area contributed by atoms with Crippen LogP contribution in [0, 0.1) is 0 Å². The Bertz CT molecular complexity index is 948. The average Bonchev–Trinajstić information content (AvgIpc) is 3.42. The van der Waals surface area contributed by atoms with Gasteiger partial charge in [0.05, 0.1) is 5.25 Å². The van der Waals surface area contributed by atoms with E-state index >= 15 is 0 Å². The maximum Gasteiger partial charge on any atom is 0.237 e. The number of anilines is 1. The van der Waals surface area contributed by atoms with Crippen molar-refractivity contribution < 1.29 is 4.79 Å². The molecule has 2 aromatic carbocycles. The van der Waals surface area contributed by atoms with Crippen LogP contribution in [0.15, 0.2) is 47.6 Å². The van der Waals surface area contributed by atoms with Gasteiger partial charge in [-0.05, 0) is 49.6 Å². The SMILES string of the molecule is CCn1c(S[C@@H](C)C(=O)Nc2ccc3ccccc3c2)nnc1C1CC1. The first kappa shape index (κ1) is 17.1. The van der Waals surface area contributed by atoms with Gasteiger partial charge in [-0.15, -0.1) is 10.2 Å². The summed E-state index contributed by atoms with van der Waals surface area (Å²) in [5, 5.41) is 14.5. The third kappa shape index (κ3) is 3.46. The molecule has 1 atom stereocenters. The fourth-order valence-electron chi connectivity index (χ4n) is 3.05. The number of hydrogen-bond acceptors (Lipinski definition) is 4. The van der Waals surface area contributed by atoms with Crippen molar-refractivity contribution in [3.63, 3.8) is 0 Å². The second kappa shape index (κ2) is 7.11. The minimum absolute atomic E-state index is 0.0242. The smallest absolute Gasteiger partial charge is 0.237 e. The number of benzene rings is 2. The summed E-state index contributed by atoms with van der Waals surface area (Å²) >= 11 is 1.47. The molecule has 1 amide bonds. The molecule has 1 aliphatic rings. The van der Waals surface area contributed by atoms with Gasteiger partial charge in [-0.2, -0.15) is 0 Å². The van der Waals surface area contributed by atoms with Crippen molar-refractivity contribution in [2.24, 2.45) is 0 Å². The lowest BCUT2D eigenvalue weighted by Gasteiger charge is -2.13. The van der Waals surface area contributed by atoms with Crippen LogP contribution in [-0.2, 0) is 11.3 Å². The molecule has 4 rings (SSSR count). The summed E-state index contributed by atoms with van der Waals surface area (Å²) in [7, 11) is 0. The third-order valence-electron chi connectivity index (χ3n) is 4.67. The number of amides is 1. The van der Waals surface area contributed by atoms with E-state index in [-0.39, 0.29) is 11.2 Å². The minimum Gasteiger partial charge on any atom is -0.325 e. The van der Waals surface area contributed by atoms with E-state index in [1.54, 1.807) is 0 Å². The quantitative estimate of drug-likeness (QED) is 0.655. The number of carbonyl (C=O) groups is 1. The zero-order chi connectivity index (χ0) is 18.1. The van der Waals surface area contributed by atoms with Crippen LogP contribution in [-0.4, -0.2) is 25.9 Å². The van der Waals surface area contributed by atoms with E-state index in [0.29, 0.717) is 5.92 Å². The number of carbonyl (C=O) groups excluding carboxylic acids is 1. The normalized spacial score (nSPS) is 15.2. The number of rotatable bonds is 6. The summed E-state index contributed by atoms with van der Waals surface area (Å²) in [6.45, 7) is 4.84. The van der Waals surface area contributed by atoms with E-state index in [0.717, 1.165) is 34.0 Å². The van der Waals surface area contributed by atoms with Crippen molar-refractivity contribution in [3.05, 3.63) is 48.3 Å². The van der Waals surface area contributed by atoms with E-state index < -0.39 is 0 Å². The molecule has 6 heteroatoms. The first-order valence-corrected chi connectivity index (χ1v) is 9.93. The second-order valence-corrected chi connectivity index (χ2v) is 7.98. The molecule has 1 aliphatic carbocycles. The summed E-state index contributed by atoms with van der Waals surface area (Å²) in [5.74, 6) is 1.60. The molecule has 1 aromatic heterocycles. The number of fused-ring (bicyclic) bond motifs is 1. The predicted octanol–water partition coefficient (Wildman–Crippen LogP) is 4.45. The van der Waals surface area contributed by atoms with Crippen molar-refractivity contribution in [2.45, 2.75) is 49.6 Å². The Balaban J connectivity index is 1.45. The first-order valence-electron chi connectivity index (χ1n) is 9.05. The van der Waals surface area contributed by atoms with Crippen molar-refractivity contribution >= 4 is 34.1 Å². The van der Waals surface area contributed by atoms with Crippen molar-refractivity contribution in [1.82, 2.24) is 14.8 Å². The monoisotopic (exact) mass is 366 g/mol. The van der Waals surface area contributed by atoms with E-state index in [1.807, 2.05) is 43.3 Å². The lowest BCUT2D eigenvalue weighted by atomic mass is 10.1. The van der Waals surface area contributed by atoms with Gasteiger partial charge in [0.25, 0.3) is 0 Å². The van der Waals surface area contributed by atoms with Gasteiger partial charge in [-0.1, -0.05) is 42.1 Å². The average molecular weight is 366 g/mol. The third-order valence-corrected chi connectivity index (χ3v) is 5.75. The molecule has 1 fully saturated rings. The molecule has 0 aliphatic heterocycles. The summed E-state index contributed by atoms with van der Waals surface area (Å²) in [6.07, 6.45) is 2.39. The van der Waals surface area contributed by atoms with Gasteiger partial charge >= 0.3 is 0 Å². The number of hydrogen-bond donors (Lipinski definition) is 1. The summed E-state index contributed by atoms with van der Waals surface area (Å²) < 4.78 is 2.14. The van der Waals surface area contributed by atoms with Crippen LogP contribution in [0.3, 0.4) is 0 Å². The molecule has 134 valence electrons. The maximum atomic E-state index is 12.6. The van der Waals surface area contributed by atoms with Crippen LogP contribution < -0.4 is 5.32 Å². The fourth-order valence-corrected chi connectivity index (χ4v) is 3.97. The van der Waals surface area contributed by atoms with Crippen LogP contribution >= 0.6 is 11.8 Å². The molecule has 0 bridgehead atoms. The lowest BCUT2D eigenvalue weighted by molar-refractivity contribution is -0.115. The number of nitrogens with zero attached hydrogens (tertiary/aromatic N) is 3. The molecule has 5 nitrogen and oxygen atoms in total. The minimum atomic E-state index is -0.247. The highest BCUT2D eigenvalue weighted by atomic mass is 32.2. The first-order chi connectivity index (χ1) is 12.7. The number of aromatic nitrogens is 3. The van der Waals surface area contributed by atoms with Crippen LogP contribution in [0.1, 0.15) is 38.4 Å². The maximum absolute atomic E-state index is 12.6. The molecule has 0 radical (unpaired) electrons. The Kier molecular flexibility index (Phi) is 4.68. The van der Waals surface area contributed by atoms with Crippen LogP contribution in [0.2, 0.25) is 0 Å². The van der Waals surface area contributed by atoms with E-state index in [1.165, 1.54) is 24.6 Å². The van der Waals surface area contributed by atoms with Crippen molar-refractivity contribution in [1.29, 1.82) is 0 Å². The zero-order valence-electron chi connectivity index (χ0n) is 15.0. The topological polar surface area (TPSA) is 59.8 Å². The van der Waals surface area contributed by atoms with Gasteiger partial charge in [-0.3, -0.25) is 4.79 Å². The van der Waals surface area contributed by atoms with Gasteiger partial charge in [0.15, 0.2) is 5.16 Å². The Labute approximate surface area is 157 Å². The summed E-state index contributed by atoms with van der Waals surface area (Å²) in [4.78, 5) is 12.6. The second-order valence-electron chi connectivity index (χ2n) is 6.67. The largest absolute Gasteiger partial charge is 0.325 e. The van der Waals surface area contributed by atoms with Gasteiger partial charge in [0.2, 0.25) is 5.91 Å². The lowest BCUT2D eigenvalue weighted by Crippen LogP contribution is -2.23. The predicted molar refractivity (Wildman–Crippen MR) is 106 cm³/mol. The summed E-state index contributed by atoms with van der Waals surface area (Å²) in [5.41, 5.74) is 0.816. The Morgan fingerprint density at radius 2 is 2.00 bits per heavy atom. The zero-order valence-corrected chi connectivity index (χ0v) is 15.8. The molecule has 0 saturated heterocycles. The molecule has 3 aromatic rings. The molecule has 1 heterocycles. The van der Waals surface area contributed by atoms with Gasteiger partial charge in [0.1, 0.15) is 5.82 Å². The molecule has 1 N–H and O–H groups in total. The van der Waals surface area contributed by atoms with Crippen molar-refractivity contribution in [2.75, 3.05) is 5.32 Å². The van der Waals surface area contributed by atoms with Gasteiger partial charge in [0, 0.05) is 18.2 Å². The van der Waals surface area contributed by atoms with Crippen molar-refractivity contribution in [3.8, 4) is 0 Å². The van der Waals surface area contributed by atoms with Crippen LogP contribution in [0.25, 0.3) is 10.8 Å². The molecular formula is C20H22N4OS. The summed E-state index contributed by atoms with van der Waals surface area (Å²) in [6, 6.07) is 14.1. The highest BCUT2D eigenvalue weighted by Gasteiger charge is 2.30. The molecule has 0 unspecified atom stereocenters. The van der Waals surface area contributed by atoms with Gasteiger partial charge in [-0.25, -0.2) is 0 Å².